The van der Waals surface area contributed by atoms with Crippen LogP contribution in [0.4, 0.5) is 17.6 Å². The quantitative estimate of drug-likeness (QED) is 0.524. The third-order valence-corrected chi connectivity index (χ3v) is 3.97. The van der Waals surface area contributed by atoms with Crippen LogP contribution in [0.5, 0.6) is 0 Å². The van der Waals surface area contributed by atoms with Gasteiger partial charge in [-0.05, 0) is 6.07 Å². The lowest BCUT2D eigenvalue weighted by molar-refractivity contribution is -0.144. The second kappa shape index (κ2) is 5.31. The first-order valence-corrected chi connectivity index (χ1v) is 7.20. The third-order valence-electron chi connectivity index (χ3n) is 3.64. The van der Waals surface area contributed by atoms with E-state index >= 15 is 0 Å². The number of aromatic nitrogens is 6. The Kier molecular flexibility index (Phi) is 3.32. The van der Waals surface area contributed by atoms with Crippen molar-refractivity contribution in [2.75, 3.05) is 0 Å². The van der Waals surface area contributed by atoms with Crippen LogP contribution in [0, 0.1) is 5.82 Å². The molecule has 0 atom stereocenters. The maximum absolute atomic E-state index is 14.2. The second-order valence-electron chi connectivity index (χ2n) is 5.13. The molecule has 0 saturated heterocycles. The van der Waals surface area contributed by atoms with Gasteiger partial charge in [0.25, 0.3) is 5.82 Å². The first-order chi connectivity index (χ1) is 11.9. The molecule has 0 saturated carbocycles. The molecular weight excluding hydrogens is 364 g/mol. The van der Waals surface area contributed by atoms with Crippen molar-refractivity contribution in [3.05, 3.63) is 42.2 Å². The Hall–Kier alpha value is -2.88. The number of nitrogens with zero attached hydrogens (tertiary/aromatic N) is 4. The van der Waals surface area contributed by atoms with Crippen molar-refractivity contribution in [2.45, 2.75) is 6.18 Å². The molecule has 0 radical (unpaired) electrons. The molecule has 0 aliphatic carbocycles. The average molecular weight is 371 g/mol. The Morgan fingerprint density at radius 3 is 2.64 bits per heavy atom. The van der Waals surface area contributed by atoms with Crippen LogP contribution < -0.4 is 0 Å². The van der Waals surface area contributed by atoms with Gasteiger partial charge < -0.3 is 0 Å². The van der Waals surface area contributed by atoms with Crippen molar-refractivity contribution in [1.29, 1.82) is 0 Å². The minimum absolute atomic E-state index is 0.0142. The van der Waals surface area contributed by atoms with E-state index in [0.717, 1.165) is 4.09 Å². The maximum Gasteiger partial charge on any atom is 0.453 e. The molecule has 1 aromatic carbocycles. The molecule has 0 amide bonds. The molecule has 6 nitrogen and oxygen atoms in total. The van der Waals surface area contributed by atoms with Crippen LogP contribution in [0.2, 0.25) is 0 Å². The van der Waals surface area contributed by atoms with Gasteiger partial charge in [0.05, 0.1) is 6.20 Å². The lowest BCUT2D eigenvalue weighted by Gasteiger charge is -2.01. The number of hydrogen-bond donors (Lipinski definition) is 2. The van der Waals surface area contributed by atoms with Crippen molar-refractivity contribution in [3.63, 3.8) is 0 Å². The molecule has 2 N–H and O–H groups in total. The Balaban J connectivity index is 2.07. The van der Waals surface area contributed by atoms with Crippen LogP contribution in [0.25, 0.3) is 33.5 Å². The molecule has 0 bridgehead atoms. The number of fused-ring (bicyclic) bond motifs is 1. The fraction of sp³-hybridized carbons (Fsp3) is 0.0714. The van der Waals surface area contributed by atoms with Crippen molar-refractivity contribution < 1.29 is 17.6 Å². The van der Waals surface area contributed by atoms with Crippen LogP contribution in [0.15, 0.2) is 30.6 Å². The van der Waals surface area contributed by atoms with Crippen LogP contribution >= 0.6 is 11.8 Å². The molecule has 4 aromatic rings. The van der Waals surface area contributed by atoms with E-state index in [0.29, 0.717) is 16.5 Å². The van der Waals surface area contributed by atoms with Crippen LogP contribution in [-0.2, 0) is 6.18 Å². The van der Waals surface area contributed by atoms with E-state index in [-0.39, 0.29) is 17.0 Å². The van der Waals surface area contributed by atoms with E-state index in [4.69, 9.17) is 11.8 Å². The standard InChI is InChI=1S/C14H7ClF4N6/c15-25-10-7(2-1-3-8(10)16)9(6-4-20-21-5-6)11(25)12-22-13(24-23-12)14(17,18)19/h1-5H,(H,20,21)(H,22,23,24). The van der Waals surface area contributed by atoms with E-state index < -0.39 is 17.8 Å². The van der Waals surface area contributed by atoms with E-state index in [2.05, 4.69) is 25.4 Å². The molecule has 4 rings (SSSR count). The van der Waals surface area contributed by atoms with Crippen molar-refractivity contribution in [3.8, 4) is 22.6 Å². The third kappa shape index (κ3) is 2.37. The molecule has 0 fully saturated rings. The number of aromatic amines is 2. The van der Waals surface area contributed by atoms with Crippen molar-refractivity contribution >= 4 is 22.7 Å². The lowest BCUT2D eigenvalue weighted by Crippen LogP contribution is -2.07. The number of rotatable bonds is 2. The van der Waals surface area contributed by atoms with Gasteiger partial charge in [0.2, 0.25) is 0 Å². The van der Waals surface area contributed by atoms with Gasteiger partial charge >= 0.3 is 6.18 Å². The number of alkyl halides is 3. The molecule has 0 aliphatic heterocycles. The van der Waals surface area contributed by atoms with Crippen LogP contribution in [-0.4, -0.2) is 29.5 Å². The number of hydrogen-bond acceptors (Lipinski definition) is 3. The summed E-state index contributed by atoms with van der Waals surface area (Å²) in [4.78, 5) is 3.46. The molecule has 0 unspecified atom stereocenters. The summed E-state index contributed by atoms with van der Waals surface area (Å²) >= 11 is 6.22. The van der Waals surface area contributed by atoms with Crippen LogP contribution in [0.3, 0.4) is 0 Å². The molecule has 3 heterocycles. The highest BCUT2D eigenvalue weighted by atomic mass is 35.5. The summed E-state index contributed by atoms with van der Waals surface area (Å²) in [6.45, 7) is 0. The summed E-state index contributed by atoms with van der Waals surface area (Å²) in [5, 5.41) is 12.2. The van der Waals surface area contributed by atoms with Crippen molar-refractivity contribution in [1.82, 2.24) is 29.5 Å². The van der Waals surface area contributed by atoms with Gasteiger partial charge in [-0.2, -0.15) is 18.3 Å². The Labute approximate surface area is 141 Å². The first kappa shape index (κ1) is 15.6. The molecule has 128 valence electrons. The van der Waals surface area contributed by atoms with Gasteiger partial charge in [-0.15, -0.1) is 5.10 Å². The van der Waals surface area contributed by atoms with Gasteiger partial charge in [0.15, 0.2) is 5.82 Å². The van der Waals surface area contributed by atoms with E-state index in [1.165, 1.54) is 24.5 Å². The molecule has 11 heteroatoms. The number of nitrogens with one attached hydrogen (secondary N) is 2. The van der Waals surface area contributed by atoms with Gasteiger partial charge in [0, 0.05) is 34.5 Å². The fourth-order valence-corrected chi connectivity index (χ4v) is 2.98. The Morgan fingerprint density at radius 1 is 1.20 bits per heavy atom. The van der Waals surface area contributed by atoms with Gasteiger partial charge in [-0.3, -0.25) is 10.2 Å². The zero-order chi connectivity index (χ0) is 17.8. The zero-order valence-electron chi connectivity index (χ0n) is 12.1. The largest absolute Gasteiger partial charge is 0.453 e. The number of para-hydroxylation sites is 1. The summed E-state index contributed by atoms with van der Waals surface area (Å²) in [6.07, 6.45) is -1.76. The Morgan fingerprint density at radius 2 is 2.00 bits per heavy atom. The van der Waals surface area contributed by atoms with E-state index in [9.17, 15) is 17.6 Å². The Bertz CT molecular complexity index is 1060. The predicted octanol–water partition coefficient (Wildman–Crippen LogP) is 3.98. The van der Waals surface area contributed by atoms with E-state index in [1.54, 1.807) is 6.07 Å². The summed E-state index contributed by atoms with van der Waals surface area (Å²) < 4.78 is 53.6. The summed E-state index contributed by atoms with van der Waals surface area (Å²) in [7, 11) is 0. The smallest absolute Gasteiger partial charge is 0.285 e. The van der Waals surface area contributed by atoms with Gasteiger partial charge in [0.1, 0.15) is 17.0 Å². The molecular formula is C14H7ClF4N6. The predicted molar refractivity (Wildman–Crippen MR) is 81.1 cm³/mol. The van der Waals surface area contributed by atoms with Crippen LogP contribution in [0.1, 0.15) is 5.82 Å². The summed E-state index contributed by atoms with van der Waals surface area (Å²) in [5.41, 5.74) is 0.949. The minimum Gasteiger partial charge on any atom is -0.285 e. The fourth-order valence-electron chi connectivity index (χ4n) is 2.64. The van der Waals surface area contributed by atoms with E-state index in [1.807, 2.05) is 0 Å². The number of H-pyrrole nitrogens is 2. The summed E-state index contributed by atoms with van der Waals surface area (Å²) in [6, 6.07) is 4.28. The lowest BCUT2D eigenvalue weighted by atomic mass is 10.0. The zero-order valence-corrected chi connectivity index (χ0v) is 12.8. The molecule has 3 aromatic heterocycles. The average Bonchev–Trinajstić information content (AvgIpc) is 3.25. The molecule has 0 spiro atoms. The number of halogens is 5. The molecule has 25 heavy (non-hydrogen) atoms. The number of benzene rings is 1. The highest BCUT2D eigenvalue weighted by Gasteiger charge is 2.37. The SMILES string of the molecule is Fc1cccc2c(-c3cn[nH]c3)c(-c3nc(C(F)(F)F)n[nH]3)n(Cl)c12. The summed E-state index contributed by atoms with van der Waals surface area (Å²) in [5.74, 6) is -2.21. The maximum atomic E-state index is 14.2. The normalized spacial score (nSPS) is 12.2. The topological polar surface area (TPSA) is 75.2 Å². The first-order valence-electron chi connectivity index (χ1n) is 6.86. The van der Waals surface area contributed by atoms with Gasteiger partial charge in [-0.25, -0.2) is 13.5 Å². The highest BCUT2D eigenvalue weighted by molar-refractivity contribution is 6.24. The highest BCUT2D eigenvalue weighted by Crippen LogP contribution is 2.41. The second-order valence-corrected chi connectivity index (χ2v) is 5.47. The van der Waals surface area contributed by atoms with Gasteiger partial charge in [-0.1, -0.05) is 12.1 Å². The minimum atomic E-state index is -4.72. The molecule has 0 aliphatic rings. The van der Waals surface area contributed by atoms with Crippen molar-refractivity contribution in [2.24, 2.45) is 0 Å². The monoisotopic (exact) mass is 370 g/mol.